The number of methoxy groups -OCH3 is 1. The Balaban J connectivity index is 1.37. The highest BCUT2D eigenvalue weighted by Crippen LogP contribution is 2.29. The fraction of sp³-hybridized carbons (Fsp3) is 0.138. The van der Waals surface area contributed by atoms with Gasteiger partial charge in [-0.25, -0.2) is 5.43 Å². The summed E-state index contributed by atoms with van der Waals surface area (Å²) >= 11 is 0. The first-order valence-corrected chi connectivity index (χ1v) is 11.6. The fourth-order valence-corrected chi connectivity index (χ4v) is 3.80. The fourth-order valence-electron chi connectivity index (χ4n) is 3.80. The lowest BCUT2D eigenvalue weighted by atomic mass is 10.1. The quantitative estimate of drug-likeness (QED) is 0.209. The first-order valence-electron chi connectivity index (χ1n) is 11.6. The van der Waals surface area contributed by atoms with E-state index in [9.17, 15) is 9.59 Å². The highest BCUT2D eigenvalue weighted by Gasteiger charge is 2.14. The molecule has 2 N–H and O–H groups in total. The second-order valence-corrected chi connectivity index (χ2v) is 8.00. The predicted molar refractivity (Wildman–Crippen MR) is 141 cm³/mol. The minimum Gasteiger partial charge on any atom is -0.493 e. The molecule has 2 amide bonds. The van der Waals surface area contributed by atoms with E-state index in [1.165, 1.54) is 6.21 Å². The molecule has 4 rings (SSSR count). The number of hydrazone groups is 1. The molecule has 0 spiro atoms. The van der Waals surface area contributed by atoms with E-state index in [2.05, 4.69) is 34.0 Å². The molecule has 0 aliphatic heterocycles. The van der Waals surface area contributed by atoms with Crippen LogP contribution in [0.5, 0.6) is 11.5 Å². The van der Waals surface area contributed by atoms with Crippen LogP contribution in [0, 0.1) is 0 Å². The average molecular weight is 482 g/mol. The Morgan fingerprint density at radius 2 is 1.61 bits per heavy atom. The molecule has 0 saturated heterocycles. The lowest BCUT2D eigenvalue weighted by molar-refractivity contribution is -0.136. The van der Waals surface area contributed by atoms with Crippen molar-refractivity contribution in [2.75, 3.05) is 12.4 Å². The summed E-state index contributed by atoms with van der Waals surface area (Å²) in [6.07, 6.45) is 2.17. The average Bonchev–Trinajstić information content (AvgIpc) is 2.92. The third-order valence-corrected chi connectivity index (χ3v) is 5.68. The van der Waals surface area contributed by atoms with Gasteiger partial charge in [-0.2, -0.15) is 5.10 Å². The van der Waals surface area contributed by atoms with Crippen molar-refractivity contribution < 1.29 is 19.1 Å². The van der Waals surface area contributed by atoms with Crippen molar-refractivity contribution >= 4 is 34.5 Å². The molecule has 0 radical (unpaired) electrons. The van der Waals surface area contributed by atoms with Crippen LogP contribution >= 0.6 is 0 Å². The normalized spacial score (nSPS) is 10.8. The first-order chi connectivity index (χ1) is 17.6. The molecular weight excluding hydrogens is 454 g/mol. The highest BCUT2D eigenvalue weighted by atomic mass is 16.5. The van der Waals surface area contributed by atoms with Gasteiger partial charge in [-0.15, -0.1) is 0 Å². The number of para-hydroxylation sites is 1. The molecule has 4 aromatic rings. The van der Waals surface area contributed by atoms with Crippen molar-refractivity contribution in [3.63, 3.8) is 0 Å². The summed E-state index contributed by atoms with van der Waals surface area (Å²) in [5.41, 5.74) is 5.54. The molecule has 0 aliphatic rings. The van der Waals surface area contributed by atoms with Gasteiger partial charge in [-0.05, 0) is 58.1 Å². The Hall–Kier alpha value is -4.65. The minimum absolute atomic E-state index is 0.386. The van der Waals surface area contributed by atoms with Crippen LogP contribution in [0.4, 0.5) is 5.69 Å². The van der Waals surface area contributed by atoms with Crippen molar-refractivity contribution in [3.05, 3.63) is 102 Å². The molecule has 36 heavy (non-hydrogen) atoms. The zero-order valence-corrected chi connectivity index (χ0v) is 20.2. The van der Waals surface area contributed by atoms with Gasteiger partial charge in [-0.1, -0.05) is 67.6 Å². The van der Waals surface area contributed by atoms with Gasteiger partial charge >= 0.3 is 11.8 Å². The van der Waals surface area contributed by atoms with Gasteiger partial charge in [0.05, 0.1) is 13.3 Å². The Morgan fingerprint density at radius 1 is 0.861 bits per heavy atom. The van der Waals surface area contributed by atoms with Crippen molar-refractivity contribution in [3.8, 4) is 11.5 Å². The number of hydrogen-bond donors (Lipinski definition) is 2. The molecule has 7 heteroatoms. The van der Waals surface area contributed by atoms with Gasteiger partial charge in [0.1, 0.15) is 6.61 Å². The maximum atomic E-state index is 12.2. The number of anilines is 1. The number of carbonyl (C=O) groups is 2. The zero-order chi connectivity index (χ0) is 25.3. The van der Waals surface area contributed by atoms with Crippen LogP contribution in [-0.2, 0) is 22.6 Å². The van der Waals surface area contributed by atoms with Crippen LogP contribution in [0.3, 0.4) is 0 Å². The molecule has 0 aromatic heterocycles. The monoisotopic (exact) mass is 481 g/mol. The Bertz CT molecular complexity index is 1410. The third kappa shape index (κ3) is 5.88. The van der Waals surface area contributed by atoms with Crippen molar-refractivity contribution in [2.24, 2.45) is 5.10 Å². The summed E-state index contributed by atoms with van der Waals surface area (Å²) in [4.78, 5) is 24.4. The summed E-state index contributed by atoms with van der Waals surface area (Å²) in [6.45, 7) is 2.36. The van der Waals surface area contributed by atoms with Gasteiger partial charge < -0.3 is 14.8 Å². The highest BCUT2D eigenvalue weighted by molar-refractivity contribution is 6.39. The van der Waals surface area contributed by atoms with Crippen LogP contribution in [-0.4, -0.2) is 25.1 Å². The number of rotatable bonds is 8. The van der Waals surface area contributed by atoms with Gasteiger partial charge in [0, 0.05) is 5.69 Å². The molecular formula is C29H27N3O4. The molecule has 0 bridgehead atoms. The largest absolute Gasteiger partial charge is 0.493 e. The maximum absolute atomic E-state index is 12.2. The van der Waals surface area contributed by atoms with Crippen molar-refractivity contribution in [2.45, 2.75) is 20.0 Å². The van der Waals surface area contributed by atoms with E-state index in [1.54, 1.807) is 37.4 Å². The third-order valence-electron chi connectivity index (χ3n) is 5.68. The van der Waals surface area contributed by atoms with Gasteiger partial charge in [0.2, 0.25) is 0 Å². The van der Waals surface area contributed by atoms with Gasteiger partial charge in [-0.3, -0.25) is 9.59 Å². The number of ether oxygens (including phenoxy) is 2. The Morgan fingerprint density at radius 3 is 2.44 bits per heavy atom. The van der Waals surface area contributed by atoms with E-state index in [4.69, 9.17) is 9.47 Å². The van der Waals surface area contributed by atoms with Gasteiger partial charge in [0.15, 0.2) is 11.5 Å². The first kappa shape index (κ1) is 24.5. The smallest absolute Gasteiger partial charge is 0.329 e. The molecule has 0 atom stereocenters. The predicted octanol–water partition coefficient (Wildman–Crippen LogP) is 5.08. The number of aryl methyl sites for hydroxylation is 1. The number of benzene rings is 4. The topological polar surface area (TPSA) is 89.0 Å². The number of nitrogens with one attached hydrogen (secondary N) is 2. The molecule has 0 heterocycles. The standard InChI is InChI=1S/C29H27N3O4/c1-3-21-9-5-7-14-25(21)31-28(33)29(34)32-30-18-20-15-16-26(27(17-20)35-2)36-19-23-12-8-11-22-10-4-6-13-24(22)23/h4-18H,3,19H2,1-2H3,(H,31,33)(H,32,34)/b30-18+. The van der Waals surface area contributed by atoms with Crippen LogP contribution in [0.25, 0.3) is 10.8 Å². The van der Waals surface area contributed by atoms with Crippen LogP contribution in [0.1, 0.15) is 23.6 Å². The molecule has 0 fully saturated rings. The lowest BCUT2D eigenvalue weighted by Gasteiger charge is -2.12. The van der Waals surface area contributed by atoms with E-state index in [-0.39, 0.29) is 0 Å². The molecule has 0 aliphatic carbocycles. The molecule has 7 nitrogen and oxygen atoms in total. The number of hydrogen-bond acceptors (Lipinski definition) is 5. The molecule has 0 unspecified atom stereocenters. The number of amides is 2. The molecule has 0 saturated carbocycles. The van der Waals surface area contributed by atoms with E-state index in [1.807, 2.05) is 43.3 Å². The van der Waals surface area contributed by atoms with E-state index in [0.29, 0.717) is 29.4 Å². The summed E-state index contributed by atoms with van der Waals surface area (Å²) in [6, 6.07) is 26.9. The van der Waals surface area contributed by atoms with Crippen molar-refractivity contribution in [1.82, 2.24) is 5.43 Å². The summed E-state index contributed by atoms with van der Waals surface area (Å²) in [5.74, 6) is -0.540. The second-order valence-electron chi connectivity index (χ2n) is 8.00. The Kier molecular flexibility index (Phi) is 7.93. The van der Waals surface area contributed by atoms with E-state index < -0.39 is 11.8 Å². The van der Waals surface area contributed by atoms with Gasteiger partial charge in [0.25, 0.3) is 0 Å². The summed E-state index contributed by atoms with van der Waals surface area (Å²) in [7, 11) is 1.56. The molecule has 182 valence electrons. The lowest BCUT2D eigenvalue weighted by Crippen LogP contribution is -2.32. The summed E-state index contributed by atoms with van der Waals surface area (Å²) in [5, 5.41) is 8.81. The minimum atomic E-state index is -0.862. The Labute approximate surface area is 209 Å². The van der Waals surface area contributed by atoms with Crippen LogP contribution in [0.15, 0.2) is 90.0 Å². The molecule has 4 aromatic carbocycles. The van der Waals surface area contributed by atoms with E-state index >= 15 is 0 Å². The zero-order valence-electron chi connectivity index (χ0n) is 20.2. The summed E-state index contributed by atoms with van der Waals surface area (Å²) < 4.78 is 11.5. The van der Waals surface area contributed by atoms with E-state index in [0.717, 1.165) is 28.3 Å². The second kappa shape index (κ2) is 11.7. The number of fused-ring (bicyclic) bond motifs is 1. The number of carbonyl (C=O) groups excluding carboxylic acids is 2. The van der Waals surface area contributed by atoms with Crippen LogP contribution in [0.2, 0.25) is 0 Å². The maximum Gasteiger partial charge on any atom is 0.329 e. The number of nitrogens with zero attached hydrogens (tertiary/aromatic N) is 1. The SMILES string of the molecule is CCc1ccccc1NC(=O)C(=O)N/N=C/c1ccc(OCc2cccc3ccccc23)c(OC)c1. The van der Waals surface area contributed by atoms with Crippen molar-refractivity contribution in [1.29, 1.82) is 0 Å². The van der Waals surface area contributed by atoms with Crippen LogP contribution < -0.4 is 20.2 Å².